The fraction of sp³-hybridized carbons (Fsp3) is 0.467. The van der Waals surface area contributed by atoms with Gasteiger partial charge in [-0.1, -0.05) is 15.9 Å². The molecule has 5 nitrogen and oxygen atoms in total. The lowest BCUT2D eigenvalue weighted by molar-refractivity contribution is -0.117. The minimum atomic E-state index is -0.140. The van der Waals surface area contributed by atoms with E-state index in [2.05, 4.69) is 32.6 Å². The van der Waals surface area contributed by atoms with E-state index in [-0.39, 0.29) is 12.0 Å². The smallest absolute Gasteiger partial charge is 0.226 e. The molecular formula is C15H18BrN3O2. The lowest BCUT2D eigenvalue weighted by atomic mass is 10.1. The van der Waals surface area contributed by atoms with Crippen molar-refractivity contribution in [2.45, 2.75) is 25.4 Å². The van der Waals surface area contributed by atoms with Gasteiger partial charge in [0.05, 0.1) is 30.4 Å². The number of ether oxygens (including phenoxy) is 1. The van der Waals surface area contributed by atoms with Crippen molar-refractivity contribution >= 4 is 27.5 Å². The SMILES string of the molecule is N#Cc1ccc(Br)cc1NC(=O)CCOC1CCNCC1. The molecule has 1 aromatic carbocycles. The van der Waals surface area contributed by atoms with Gasteiger partial charge in [0.1, 0.15) is 6.07 Å². The van der Waals surface area contributed by atoms with E-state index in [0.717, 1.165) is 30.4 Å². The van der Waals surface area contributed by atoms with Crippen molar-refractivity contribution in [1.29, 1.82) is 5.26 Å². The molecule has 1 fully saturated rings. The van der Waals surface area contributed by atoms with E-state index in [4.69, 9.17) is 10.00 Å². The number of hydrogen-bond donors (Lipinski definition) is 2. The molecule has 1 aliphatic rings. The first-order valence-corrected chi connectivity index (χ1v) is 7.80. The Morgan fingerprint density at radius 2 is 2.24 bits per heavy atom. The first-order valence-electron chi connectivity index (χ1n) is 7.01. The summed E-state index contributed by atoms with van der Waals surface area (Å²) in [4.78, 5) is 11.9. The van der Waals surface area contributed by atoms with E-state index < -0.39 is 0 Å². The predicted octanol–water partition coefficient (Wildman–Crippen LogP) is 2.42. The number of anilines is 1. The van der Waals surface area contributed by atoms with Gasteiger partial charge in [-0.05, 0) is 44.1 Å². The molecule has 1 aliphatic heterocycles. The van der Waals surface area contributed by atoms with Crippen LogP contribution in [0.4, 0.5) is 5.69 Å². The van der Waals surface area contributed by atoms with E-state index in [1.165, 1.54) is 0 Å². The highest BCUT2D eigenvalue weighted by Gasteiger charge is 2.14. The molecule has 1 saturated heterocycles. The zero-order chi connectivity index (χ0) is 15.1. The second-order valence-electron chi connectivity index (χ2n) is 4.92. The molecular weight excluding hydrogens is 334 g/mol. The Bertz CT molecular complexity index is 536. The van der Waals surface area contributed by atoms with Crippen LogP contribution in [0.1, 0.15) is 24.8 Å². The Labute approximate surface area is 132 Å². The maximum absolute atomic E-state index is 11.9. The third kappa shape index (κ3) is 5.12. The van der Waals surface area contributed by atoms with E-state index in [1.807, 2.05) is 0 Å². The second kappa shape index (κ2) is 8.13. The van der Waals surface area contributed by atoms with Crippen LogP contribution in [0.2, 0.25) is 0 Å². The average molecular weight is 352 g/mol. The molecule has 1 amide bonds. The molecule has 0 bridgehead atoms. The van der Waals surface area contributed by atoms with Gasteiger partial charge in [-0.15, -0.1) is 0 Å². The standard InChI is InChI=1S/C15H18BrN3O2/c16-12-2-1-11(10-17)14(9-12)19-15(20)5-8-21-13-3-6-18-7-4-13/h1-2,9,13,18H,3-8H2,(H,19,20). The number of rotatable bonds is 5. The maximum Gasteiger partial charge on any atom is 0.226 e. The zero-order valence-electron chi connectivity index (χ0n) is 11.7. The van der Waals surface area contributed by atoms with E-state index >= 15 is 0 Å². The number of amides is 1. The number of carbonyl (C=O) groups excluding carboxylic acids is 1. The fourth-order valence-electron chi connectivity index (χ4n) is 2.21. The van der Waals surface area contributed by atoms with Crippen molar-refractivity contribution in [3.8, 4) is 6.07 Å². The largest absolute Gasteiger partial charge is 0.378 e. The van der Waals surface area contributed by atoms with Crippen LogP contribution in [0.5, 0.6) is 0 Å². The molecule has 112 valence electrons. The molecule has 6 heteroatoms. The zero-order valence-corrected chi connectivity index (χ0v) is 13.3. The predicted molar refractivity (Wildman–Crippen MR) is 83.9 cm³/mol. The van der Waals surface area contributed by atoms with Gasteiger partial charge in [-0.25, -0.2) is 0 Å². The van der Waals surface area contributed by atoms with Crippen LogP contribution in [0.3, 0.4) is 0 Å². The van der Waals surface area contributed by atoms with E-state index in [1.54, 1.807) is 18.2 Å². The topological polar surface area (TPSA) is 74.2 Å². The monoisotopic (exact) mass is 351 g/mol. The molecule has 0 radical (unpaired) electrons. The minimum absolute atomic E-state index is 0.140. The van der Waals surface area contributed by atoms with Crippen LogP contribution in [0, 0.1) is 11.3 Å². The number of carbonyl (C=O) groups is 1. The Morgan fingerprint density at radius 3 is 2.95 bits per heavy atom. The van der Waals surface area contributed by atoms with E-state index in [0.29, 0.717) is 24.3 Å². The molecule has 0 aromatic heterocycles. The van der Waals surface area contributed by atoms with Crippen molar-refractivity contribution in [2.24, 2.45) is 0 Å². The summed E-state index contributed by atoms with van der Waals surface area (Å²) in [7, 11) is 0. The molecule has 0 unspecified atom stereocenters. The van der Waals surface area contributed by atoms with Crippen molar-refractivity contribution in [2.75, 3.05) is 25.0 Å². The van der Waals surface area contributed by atoms with Crippen molar-refractivity contribution in [3.63, 3.8) is 0 Å². The molecule has 1 heterocycles. The Balaban J connectivity index is 1.79. The lowest BCUT2D eigenvalue weighted by Gasteiger charge is -2.22. The summed E-state index contributed by atoms with van der Waals surface area (Å²) in [6.45, 7) is 2.35. The van der Waals surface area contributed by atoms with Gasteiger partial charge in [0.15, 0.2) is 0 Å². The Morgan fingerprint density at radius 1 is 1.48 bits per heavy atom. The molecule has 2 rings (SSSR count). The molecule has 0 saturated carbocycles. The van der Waals surface area contributed by atoms with Gasteiger partial charge in [0, 0.05) is 4.47 Å². The molecule has 21 heavy (non-hydrogen) atoms. The van der Waals surface area contributed by atoms with Crippen LogP contribution in [-0.4, -0.2) is 31.7 Å². The number of piperidine rings is 1. The summed E-state index contributed by atoms with van der Waals surface area (Å²) < 4.78 is 6.52. The maximum atomic E-state index is 11.9. The van der Waals surface area contributed by atoms with Crippen LogP contribution in [0.15, 0.2) is 22.7 Å². The number of nitrogens with zero attached hydrogens (tertiary/aromatic N) is 1. The summed E-state index contributed by atoms with van der Waals surface area (Å²) in [6, 6.07) is 7.23. The van der Waals surface area contributed by atoms with Gasteiger partial charge in [0.25, 0.3) is 0 Å². The van der Waals surface area contributed by atoms with Crippen molar-refractivity contribution in [3.05, 3.63) is 28.2 Å². The lowest BCUT2D eigenvalue weighted by Crippen LogP contribution is -2.33. The fourth-order valence-corrected chi connectivity index (χ4v) is 2.57. The van der Waals surface area contributed by atoms with Crippen LogP contribution in [-0.2, 0) is 9.53 Å². The quantitative estimate of drug-likeness (QED) is 0.854. The second-order valence-corrected chi connectivity index (χ2v) is 5.84. The molecule has 2 N–H and O–H groups in total. The first kappa shape index (κ1) is 16.0. The van der Waals surface area contributed by atoms with Gasteiger partial charge < -0.3 is 15.4 Å². The van der Waals surface area contributed by atoms with Crippen molar-refractivity contribution < 1.29 is 9.53 Å². The third-order valence-corrected chi connectivity index (χ3v) is 3.84. The van der Waals surface area contributed by atoms with Crippen molar-refractivity contribution in [1.82, 2.24) is 5.32 Å². The van der Waals surface area contributed by atoms with Gasteiger partial charge >= 0.3 is 0 Å². The summed E-state index contributed by atoms with van der Waals surface area (Å²) in [5.74, 6) is -0.140. The number of hydrogen-bond acceptors (Lipinski definition) is 4. The molecule has 0 spiro atoms. The van der Waals surface area contributed by atoms with Gasteiger partial charge in [-0.2, -0.15) is 5.26 Å². The normalized spacial score (nSPS) is 15.4. The Kier molecular flexibility index (Phi) is 6.18. The summed E-state index contributed by atoms with van der Waals surface area (Å²) >= 11 is 3.33. The molecule has 0 aliphatic carbocycles. The first-order chi connectivity index (χ1) is 10.2. The average Bonchev–Trinajstić information content (AvgIpc) is 2.48. The number of benzene rings is 1. The minimum Gasteiger partial charge on any atom is -0.378 e. The molecule has 0 atom stereocenters. The van der Waals surface area contributed by atoms with Gasteiger partial charge in [-0.3, -0.25) is 4.79 Å². The van der Waals surface area contributed by atoms with Crippen LogP contribution < -0.4 is 10.6 Å². The molecule has 1 aromatic rings. The number of nitrogens with one attached hydrogen (secondary N) is 2. The highest BCUT2D eigenvalue weighted by Crippen LogP contribution is 2.21. The van der Waals surface area contributed by atoms with Crippen LogP contribution >= 0.6 is 15.9 Å². The summed E-state index contributed by atoms with van der Waals surface area (Å²) in [5, 5.41) is 15.0. The van der Waals surface area contributed by atoms with Crippen LogP contribution in [0.25, 0.3) is 0 Å². The summed E-state index contributed by atoms with van der Waals surface area (Å²) in [5.41, 5.74) is 0.976. The van der Waals surface area contributed by atoms with Gasteiger partial charge in [0.2, 0.25) is 5.91 Å². The number of nitriles is 1. The third-order valence-electron chi connectivity index (χ3n) is 3.35. The Hall–Kier alpha value is -1.42. The number of halogens is 1. The van der Waals surface area contributed by atoms with E-state index in [9.17, 15) is 4.79 Å². The highest BCUT2D eigenvalue weighted by atomic mass is 79.9. The summed E-state index contributed by atoms with van der Waals surface area (Å²) in [6.07, 6.45) is 2.53. The highest BCUT2D eigenvalue weighted by molar-refractivity contribution is 9.10.